The molecule has 0 atom stereocenters. The number of ether oxygens (including phenoxy) is 1. The number of rotatable bonds is 7. The molecule has 0 spiro atoms. The van der Waals surface area contributed by atoms with Gasteiger partial charge in [-0.25, -0.2) is 9.18 Å². The highest BCUT2D eigenvalue weighted by Gasteiger charge is 2.17. The Kier molecular flexibility index (Phi) is 6.36. The molecule has 31 heavy (non-hydrogen) atoms. The molecule has 1 fully saturated rings. The second-order valence-corrected chi connectivity index (χ2v) is 7.64. The number of amides is 1. The molecule has 1 aromatic heterocycles. The summed E-state index contributed by atoms with van der Waals surface area (Å²) < 4.78 is 23.2. The molecule has 8 heteroatoms. The van der Waals surface area contributed by atoms with Crippen molar-refractivity contribution in [3.8, 4) is 0 Å². The molecule has 1 N–H and O–H groups in total. The largest absolute Gasteiger partial charge is 0.378 e. The minimum atomic E-state index is -0.376. The lowest BCUT2D eigenvalue weighted by Crippen LogP contribution is -2.36. The maximum Gasteiger partial charge on any atom is 0.329 e. The lowest BCUT2D eigenvalue weighted by molar-refractivity contribution is -0.116. The number of nitrogens with zero attached hydrogens (tertiary/aromatic N) is 3. The van der Waals surface area contributed by atoms with Gasteiger partial charge in [-0.2, -0.15) is 0 Å². The molecule has 3 aromatic rings. The van der Waals surface area contributed by atoms with Gasteiger partial charge in [-0.05, 0) is 36.8 Å². The van der Waals surface area contributed by atoms with Crippen LogP contribution < -0.4 is 15.9 Å². The lowest BCUT2D eigenvalue weighted by atomic mass is 10.2. The summed E-state index contributed by atoms with van der Waals surface area (Å²) in [6, 6.07) is 12.3. The summed E-state index contributed by atoms with van der Waals surface area (Å²) in [7, 11) is 0. The fraction of sp³-hybridized carbons (Fsp3) is 0.391. The second-order valence-electron chi connectivity index (χ2n) is 7.64. The van der Waals surface area contributed by atoms with Crippen LogP contribution in [0, 0.1) is 5.82 Å². The number of hydrogen-bond acceptors (Lipinski definition) is 4. The number of imidazole rings is 1. The zero-order valence-electron chi connectivity index (χ0n) is 17.6. The number of carbonyl (C=O) groups excluding carboxylic acids is 1. The molecule has 0 bridgehead atoms. The van der Waals surface area contributed by atoms with Crippen LogP contribution in [0.2, 0.25) is 0 Å². The van der Waals surface area contributed by atoms with Crippen molar-refractivity contribution in [2.24, 2.45) is 0 Å². The van der Waals surface area contributed by atoms with E-state index in [1.54, 1.807) is 21.3 Å². The van der Waals surface area contributed by atoms with Gasteiger partial charge in [-0.15, -0.1) is 0 Å². The van der Waals surface area contributed by atoms with Gasteiger partial charge in [0.1, 0.15) is 5.82 Å². The molecule has 0 aliphatic carbocycles. The average Bonchev–Trinajstić information content (AvgIpc) is 3.04. The molecule has 0 saturated carbocycles. The van der Waals surface area contributed by atoms with Crippen molar-refractivity contribution in [1.29, 1.82) is 0 Å². The highest BCUT2D eigenvalue weighted by molar-refractivity contribution is 5.91. The van der Waals surface area contributed by atoms with Gasteiger partial charge in [0.15, 0.2) is 0 Å². The molecule has 2 aromatic carbocycles. The van der Waals surface area contributed by atoms with E-state index in [-0.39, 0.29) is 30.4 Å². The van der Waals surface area contributed by atoms with Crippen LogP contribution in [0.4, 0.5) is 15.8 Å². The van der Waals surface area contributed by atoms with Gasteiger partial charge in [-0.1, -0.05) is 19.1 Å². The quantitative estimate of drug-likeness (QED) is 0.630. The fourth-order valence-electron chi connectivity index (χ4n) is 4.01. The number of anilines is 2. The Morgan fingerprint density at radius 1 is 1.06 bits per heavy atom. The van der Waals surface area contributed by atoms with Gasteiger partial charge >= 0.3 is 5.69 Å². The number of benzene rings is 2. The molecule has 1 saturated heterocycles. The molecular weight excluding hydrogens is 399 g/mol. The normalized spacial score (nSPS) is 14.2. The van der Waals surface area contributed by atoms with Crippen LogP contribution in [0.15, 0.2) is 47.3 Å². The van der Waals surface area contributed by atoms with Crippen LogP contribution in [-0.2, 0) is 22.6 Å². The van der Waals surface area contributed by atoms with E-state index in [9.17, 15) is 14.0 Å². The predicted molar refractivity (Wildman–Crippen MR) is 119 cm³/mol. The summed E-state index contributed by atoms with van der Waals surface area (Å²) in [6.07, 6.45) is 0.966. The Morgan fingerprint density at radius 2 is 1.74 bits per heavy atom. The molecular formula is C23H27FN4O3. The minimum absolute atomic E-state index is 0.114. The first kappa shape index (κ1) is 21.1. The standard InChI is InChI=1S/C23H27FN4O3/c1-2-10-27-20-5-3-4-6-21(20)28(23(27)30)11-9-22(29)25-17-7-8-19(18(24)16-17)26-12-14-31-15-13-26/h3-8,16H,2,9-15H2,1H3,(H,25,29). The first-order valence-electron chi connectivity index (χ1n) is 10.7. The van der Waals surface area contributed by atoms with Crippen molar-refractivity contribution < 1.29 is 13.9 Å². The van der Waals surface area contributed by atoms with Gasteiger partial charge in [0.25, 0.3) is 0 Å². The second kappa shape index (κ2) is 9.34. The third-order valence-electron chi connectivity index (χ3n) is 5.52. The van der Waals surface area contributed by atoms with E-state index in [1.807, 2.05) is 36.1 Å². The first-order valence-corrected chi connectivity index (χ1v) is 10.7. The number of nitrogens with one attached hydrogen (secondary N) is 1. The highest BCUT2D eigenvalue weighted by atomic mass is 19.1. The molecule has 7 nitrogen and oxygen atoms in total. The molecule has 4 rings (SSSR count). The van der Waals surface area contributed by atoms with E-state index >= 15 is 0 Å². The first-order chi connectivity index (χ1) is 15.1. The smallest absolute Gasteiger partial charge is 0.329 e. The third kappa shape index (κ3) is 4.49. The Bertz CT molecular complexity index is 1130. The summed E-state index contributed by atoms with van der Waals surface area (Å²) in [5.74, 6) is -0.642. The van der Waals surface area contributed by atoms with Crippen molar-refractivity contribution in [3.63, 3.8) is 0 Å². The highest BCUT2D eigenvalue weighted by Crippen LogP contribution is 2.24. The summed E-state index contributed by atoms with van der Waals surface area (Å²) in [6.45, 7) is 5.35. The summed E-state index contributed by atoms with van der Waals surface area (Å²) in [5, 5.41) is 2.74. The van der Waals surface area contributed by atoms with E-state index < -0.39 is 0 Å². The fourth-order valence-corrected chi connectivity index (χ4v) is 4.01. The SMILES string of the molecule is CCCn1c(=O)n(CCC(=O)Nc2ccc(N3CCOCC3)c(F)c2)c2ccccc21. The number of carbonyl (C=O) groups is 1. The minimum Gasteiger partial charge on any atom is -0.378 e. The number of hydrogen-bond donors (Lipinski definition) is 1. The molecule has 1 aliphatic heterocycles. The molecule has 0 unspecified atom stereocenters. The molecule has 1 amide bonds. The Hall–Kier alpha value is -3.13. The van der Waals surface area contributed by atoms with E-state index in [0.717, 1.165) is 17.5 Å². The lowest BCUT2D eigenvalue weighted by Gasteiger charge is -2.29. The van der Waals surface area contributed by atoms with Crippen molar-refractivity contribution in [2.45, 2.75) is 32.9 Å². The third-order valence-corrected chi connectivity index (χ3v) is 5.52. The average molecular weight is 426 g/mol. The van der Waals surface area contributed by atoms with E-state index in [2.05, 4.69) is 5.32 Å². The van der Waals surface area contributed by atoms with Crippen molar-refractivity contribution in [2.75, 3.05) is 36.5 Å². The maximum absolute atomic E-state index is 14.6. The van der Waals surface area contributed by atoms with Crippen LogP contribution in [0.5, 0.6) is 0 Å². The molecule has 1 aliphatic rings. The molecule has 0 radical (unpaired) electrons. The summed E-state index contributed by atoms with van der Waals surface area (Å²) in [5.41, 5.74) is 2.49. The van der Waals surface area contributed by atoms with Crippen LogP contribution in [-0.4, -0.2) is 41.3 Å². The number of aryl methyl sites for hydroxylation is 2. The van der Waals surface area contributed by atoms with E-state index in [4.69, 9.17) is 4.74 Å². The number of aromatic nitrogens is 2. The van der Waals surface area contributed by atoms with Gasteiger partial charge in [0.2, 0.25) is 5.91 Å². The predicted octanol–water partition coefficient (Wildman–Crippen LogP) is 3.22. The number of fused-ring (bicyclic) bond motifs is 1. The van der Waals surface area contributed by atoms with E-state index in [1.165, 1.54) is 6.07 Å². The van der Waals surface area contributed by atoms with Gasteiger partial charge in [0, 0.05) is 38.3 Å². The zero-order chi connectivity index (χ0) is 21.8. The Morgan fingerprint density at radius 3 is 2.39 bits per heavy atom. The monoisotopic (exact) mass is 426 g/mol. The summed E-state index contributed by atoms with van der Waals surface area (Å²) >= 11 is 0. The van der Waals surface area contributed by atoms with Crippen molar-refractivity contribution in [3.05, 3.63) is 58.8 Å². The topological polar surface area (TPSA) is 68.5 Å². The van der Waals surface area contributed by atoms with Crippen molar-refractivity contribution in [1.82, 2.24) is 9.13 Å². The van der Waals surface area contributed by atoms with Gasteiger partial charge < -0.3 is 15.0 Å². The Balaban J connectivity index is 1.44. The van der Waals surface area contributed by atoms with Gasteiger partial charge in [-0.3, -0.25) is 13.9 Å². The molecule has 2 heterocycles. The molecule has 164 valence electrons. The number of morpholine rings is 1. The van der Waals surface area contributed by atoms with Crippen molar-refractivity contribution >= 4 is 28.3 Å². The Labute approximate surface area is 180 Å². The zero-order valence-corrected chi connectivity index (χ0v) is 17.6. The van der Waals surface area contributed by atoms with Crippen LogP contribution in [0.25, 0.3) is 11.0 Å². The van der Waals surface area contributed by atoms with Crippen LogP contribution >= 0.6 is 0 Å². The summed E-state index contributed by atoms with van der Waals surface area (Å²) in [4.78, 5) is 27.2. The van der Waals surface area contributed by atoms with Crippen LogP contribution in [0.1, 0.15) is 19.8 Å². The van der Waals surface area contributed by atoms with E-state index in [0.29, 0.717) is 44.2 Å². The van der Waals surface area contributed by atoms with Gasteiger partial charge in [0.05, 0.1) is 29.9 Å². The van der Waals surface area contributed by atoms with Crippen LogP contribution in [0.3, 0.4) is 0 Å². The number of para-hydroxylation sites is 2. The maximum atomic E-state index is 14.6. The number of halogens is 1.